The third kappa shape index (κ3) is 4.34. The maximum Gasteiger partial charge on any atom is 0.281 e. The first-order valence-electron chi connectivity index (χ1n) is 8.17. The zero-order valence-electron chi connectivity index (χ0n) is 15.0. The van der Waals surface area contributed by atoms with Crippen molar-refractivity contribution < 1.29 is 14.5 Å². The lowest BCUT2D eigenvalue weighted by Crippen LogP contribution is -2.16. The fraction of sp³-hybridized carbons (Fsp3) is 0.105. The van der Waals surface area contributed by atoms with E-state index in [0.717, 1.165) is 16.3 Å². The van der Waals surface area contributed by atoms with Crippen LogP contribution in [-0.4, -0.2) is 21.3 Å². The molecule has 0 aliphatic rings. The van der Waals surface area contributed by atoms with Gasteiger partial charge in [0.1, 0.15) is 0 Å². The number of nitro groups is 1. The molecule has 0 aliphatic heterocycles. The first-order chi connectivity index (χ1) is 13.8. The monoisotopic (exact) mass is 428 g/mol. The first kappa shape index (κ1) is 20.3. The van der Waals surface area contributed by atoms with Gasteiger partial charge in [-0.3, -0.25) is 19.7 Å². The molecule has 0 saturated heterocycles. The van der Waals surface area contributed by atoms with Crippen LogP contribution in [0.3, 0.4) is 0 Å². The summed E-state index contributed by atoms with van der Waals surface area (Å²) in [6, 6.07) is 8.80. The fourth-order valence-corrected chi connectivity index (χ4v) is 3.89. The van der Waals surface area contributed by atoms with Crippen LogP contribution in [0.4, 0.5) is 11.4 Å². The van der Waals surface area contributed by atoms with Gasteiger partial charge in [-0.1, -0.05) is 28.9 Å². The summed E-state index contributed by atoms with van der Waals surface area (Å²) in [5, 5.41) is 13.7. The van der Waals surface area contributed by atoms with Crippen LogP contribution in [0.5, 0.6) is 0 Å². The molecule has 146 valence electrons. The van der Waals surface area contributed by atoms with E-state index in [4.69, 9.17) is 18.0 Å². The molecule has 0 fully saturated rings. The van der Waals surface area contributed by atoms with Gasteiger partial charge in [0.25, 0.3) is 11.6 Å². The number of rotatable bonds is 4. The topological polar surface area (TPSA) is 107 Å². The Bertz CT molecular complexity index is 1270. The number of carbonyl (C=O) groups is 2. The van der Waals surface area contributed by atoms with Gasteiger partial charge in [-0.25, -0.2) is 0 Å². The number of nitrogens with one attached hydrogen (secondary N) is 1. The highest BCUT2D eigenvalue weighted by Gasteiger charge is 2.16. The highest BCUT2D eigenvalue weighted by Crippen LogP contribution is 2.24. The molecule has 8 nitrogen and oxygen atoms in total. The zero-order chi connectivity index (χ0) is 21.1. The van der Waals surface area contributed by atoms with Gasteiger partial charge in [0.15, 0.2) is 4.80 Å². The summed E-state index contributed by atoms with van der Waals surface area (Å²) in [5.41, 5.74) is 0.989. The second kappa shape index (κ2) is 8.26. The lowest BCUT2D eigenvalue weighted by molar-refractivity contribution is -0.384. The van der Waals surface area contributed by atoms with Crippen molar-refractivity contribution in [3.63, 3.8) is 0 Å². The molecule has 0 spiro atoms. The van der Waals surface area contributed by atoms with Crippen molar-refractivity contribution >= 4 is 56.3 Å². The van der Waals surface area contributed by atoms with E-state index in [1.54, 1.807) is 22.8 Å². The highest BCUT2D eigenvalue weighted by atomic mass is 35.5. The summed E-state index contributed by atoms with van der Waals surface area (Å²) in [4.78, 5) is 38.7. The summed E-state index contributed by atoms with van der Waals surface area (Å²) in [5.74, 6) is 1.58. The van der Waals surface area contributed by atoms with Crippen LogP contribution in [0.1, 0.15) is 17.3 Å². The Kier molecular flexibility index (Phi) is 5.77. The number of fused-ring (bicyclic) bond motifs is 1. The second-order valence-electron chi connectivity index (χ2n) is 5.88. The van der Waals surface area contributed by atoms with E-state index < -0.39 is 10.8 Å². The molecule has 2 amide bonds. The van der Waals surface area contributed by atoms with E-state index in [2.05, 4.69) is 16.2 Å². The molecule has 0 bridgehead atoms. The molecule has 2 aromatic carbocycles. The molecule has 0 radical (unpaired) electrons. The van der Waals surface area contributed by atoms with Crippen LogP contribution < -0.4 is 10.1 Å². The molecule has 0 unspecified atom stereocenters. The second-order valence-corrected chi connectivity index (χ2v) is 7.29. The average Bonchev–Trinajstić information content (AvgIpc) is 2.98. The van der Waals surface area contributed by atoms with Gasteiger partial charge in [-0.15, -0.1) is 6.42 Å². The van der Waals surface area contributed by atoms with Gasteiger partial charge in [-0.05, 0) is 24.3 Å². The van der Waals surface area contributed by atoms with E-state index in [-0.39, 0.29) is 28.7 Å². The van der Waals surface area contributed by atoms with E-state index in [1.165, 1.54) is 30.4 Å². The molecule has 3 aromatic rings. The molecule has 10 heteroatoms. The third-order valence-electron chi connectivity index (χ3n) is 3.84. The molecule has 0 saturated carbocycles. The lowest BCUT2D eigenvalue weighted by atomic mass is 10.2. The Morgan fingerprint density at radius 1 is 1.34 bits per heavy atom. The highest BCUT2D eigenvalue weighted by molar-refractivity contribution is 7.16. The van der Waals surface area contributed by atoms with Crippen LogP contribution in [-0.2, 0) is 11.3 Å². The largest absolute Gasteiger partial charge is 0.326 e. The van der Waals surface area contributed by atoms with Crippen molar-refractivity contribution in [1.82, 2.24) is 4.57 Å². The van der Waals surface area contributed by atoms with Crippen LogP contribution in [0.15, 0.2) is 41.4 Å². The number of amides is 2. The Morgan fingerprint density at radius 3 is 2.76 bits per heavy atom. The molecular formula is C19H13ClN4O4S. The number of terminal acetylenes is 1. The number of nitrogens with zero attached hydrogens (tertiary/aromatic N) is 3. The van der Waals surface area contributed by atoms with Crippen LogP contribution in [0.25, 0.3) is 10.2 Å². The number of halogens is 1. The van der Waals surface area contributed by atoms with Crippen molar-refractivity contribution in [3.05, 3.63) is 61.9 Å². The zero-order valence-corrected chi connectivity index (χ0v) is 16.6. The Morgan fingerprint density at radius 2 is 2.10 bits per heavy atom. The van der Waals surface area contributed by atoms with Gasteiger partial charge >= 0.3 is 0 Å². The minimum atomic E-state index is -0.724. The number of hydrogen-bond donors (Lipinski definition) is 1. The number of aromatic nitrogens is 1. The Balaban J connectivity index is 2.14. The maximum absolute atomic E-state index is 12.7. The summed E-state index contributed by atoms with van der Waals surface area (Å²) < 4.78 is 2.42. The summed E-state index contributed by atoms with van der Waals surface area (Å²) in [6.07, 6.45) is 5.45. The number of benzene rings is 2. The number of hydrogen-bond acceptors (Lipinski definition) is 5. The molecular weight excluding hydrogens is 416 g/mol. The van der Waals surface area contributed by atoms with Crippen molar-refractivity contribution in [2.24, 2.45) is 4.99 Å². The van der Waals surface area contributed by atoms with Crippen molar-refractivity contribution in [2.45, 2.75) is 13.5 Å². The molecule has 0 atom stereocenters. The molecule has 0 aliphatic carbocycles. The van der Waals surface area contributed by atoms with E-state index in [1.807, 2.05) is 0 Å². The lowest BCUT2D eigenvalue weighted by Gasteiger charge is -2.03. The number of carbonyl (C=O) groups excluding carboxylic acids is 2. The standard InChI is InChI=1S/C19H13ClN4O4S/c1-3-8-23-16-7-4-12(21-11(2)25)9-17(16)29-19(23)22-18(26)14-10-13(24(27)28)5-6-15(14)20/h1,4-7,9-10H,8H2,2H3,(H,21,25). The molecule has 1 aromatic heterocycles. The molecule has 1 heterocycles. The van der Waals surface area contributed by atoms with Gasteiger partial charge in [0, 0.05) is 24.7 Å². The number of anilines is 1. The van der Waals surface area contributed by atoms with Gasteiger partial charge in [0.05, 0.1) is 32.3 Å². The normalized spacial score (nSPS) is 11.3. The molecule has 29 heavy (non-hydrogen) atoms. The van der Waals surface area contributed by atoms with Gasteiger partial charge < -0.3 is 9.88 Å². The van der Waals surface area contributed by atoms with Crippen LogP contribution in [0.2, 0.25) is 5.02 Å². The first-order valence-corrected chi connectivity index (χ1v) is 9.37. The quantitative estimate of drug-likeness (QED) is 0.389. The maximum atomic E-state index is 12.7. The van der Waals surface area contributed by atoms with Gasteiger partial charge in [-0.2, -0.15) is 4.99 Å². The number of non-ortho nitro benzene ring substituents is 1. The van der Waals surface area contributed by atoms with Crippen LogP contribution >= 0.6 is 22.9 Å². The van der Waals surface area contributed by atoms with Crippen molar-refractivity contribution in [1.29, 1.82) is 0 Å². The molecule has 1 N–H and O–H groups in total. The van der Waals surface area contributed by atoms with Crippen molar-refractivity contribution in [2.75, 3.05) is 5.32 Å². The number of nitro benzene ring substituents is 1. The Labute approximate surface area is 173 Å². The number of thiazole rings is 1. The summed E-state index contributed by atoms with van der Waals surface area (Å²) in [7, 11) is 0. The summed E-state index contributed by atoms with van der Waals surface area (Å²) >= 11 is 7.23. The summed E-state index contributed by atoms with van der Waals surface area (Å²) in [6.45, 7) is 1.56. The van der Waals surface area contributed by atoms with E-state index in [9.17, 15) is 19.7 Å². The SMILES string of the molecule is C#CCn1c(=NC(=O)c2cc([N+](=O)[O-])ccc2Cl)sc2cc(NC(C)=O)ccc21. The predicted octanol–water partition coefficient (Wildman–Crippen LogP) is 3.60. The van der Waals surface area contributed by atoms with E-state index in [0.29, 0.717) is 10.5 Å². The smallest absolute Gasteiger partial charge is 0.281 e. The van der Waals surface area contributed by atoms with Crippen molar-refractivity contribution in [3.8, 4) is 12.3 Å². The van der Waals surface area contributed by atoms with Gasteiger partial charge in [0.2, 0.25) is 5.91 Å². The van der Waals surface area contributed by atoms with Crippen LogP contribution in [0, 0.1) is 22.5 Å². The molecule has 3 rings (SSSR count). The predicted molar refractivity (Wildman–Crippen MR) is 111 cm³/mol. The van der Waals surface area contributed by atoms with E-state index >= 15 is 0 Å². The minimum absolute atomic E-state index is 0.0573. The minimum Gasteiger partial charge on any atom is -0.326 e. The fourth-order valence-electron chi connectivity index (χ4n) is 2.62. The Hall–Kier alpha value is -3.48. The third-order valence-corrected chi connectivity index (χ3v) is 5.21. The average molecular weight is 429 g/mol.